The van der Waals surface area contributed by atoms with Crippen LogP contribution in [-0.4, -0.2) is 56.8 Å². The second-order valence-corrected chi connectivity index (χ2v) is 10.7. The number of amides is 1. The number of carbonyl (C=O) groups is 1. The third-order valence-electron chi connectivity index (χ3n) is 5.79. The maximum atomic E-state index is 13.8. The average molecular weight is 492 g/mol. The summed E-state index contributed by atoms with van der Waals surface area (Å²) in [5.41, 5.74) is -1.56. The zero-order valence-corrected chi connectivity index (χ0v) is 18.5. The van der Waals surface area contributed by atoms with Gasteiger partial charge in [0.05, 0.1) is 17.6 Å². The van der Waals surface area contributed by atoms with Crippen LogP contribution in [0.5, 0.6) is 0 Å². The number of halogens is 4. The molecule has 1 heterocycles. The summed E-state index contributed by atoms with van der Waals surface area (Å²) in [7, 11) is -3.94. The topological polar surface area (TPSA) is 108 Å². The highest BCUT2D eigenvalue weighted by molar-refractivity contribution is 7.91. The lowest BCUT2D eigenvalue weighted by atomic mass is 10.0. The number of hydrogen-bond acceptors (Lipinski definition) is 6. The Hall–Kier alpha value is -2.23. The Morgan fingerprint density at radius 3 is 2.33 bits per heavy atom. The van der Waals surface area contributed by atoms with Gasteiger partial charge in [0, 0.05) is 13.2 Å². The number of nitrogens with zero attached hydrogens (tertiary/aromatic N) is 1. The van der Waals surface area contributed by atoms with Gasteiger partial charge < -0.3 is 10.1 Å². The van der Waals surface area contributed by atoms with Crippen LogP contribution in [0.3, 0.4) is 0 Å². The zero-order valence-electron chi connectivity index (χ0n) is 17.7. The van der Waals surface area contributed by atoms with Crippen molar-refractivity contribution in [3.63, 3.8) is 0 Å². The zero-order chi connectivity index (χ0) is 24.3. The molecule has 0 radical (unpaired) electrons. The first-order valence-electron chi connectivity index (χ1n) is 10.5. The molecule has 1 saturated carbocycles. The number of benzene rings is 1. The normalized spacial score (nSPS) is 20.5. The summed E-state index contributed by atoms with van der Waals surface area (Å²) >= 11 is 0. The Bertz CT molecular complexity index is 982. The molecule has 0 spiro atoms. The highest BCUT2D eigenvalue weighted by Gasteiger charge is 2.48. The van der Waals surface area contributed by atoms with Crippen LogP contribution < -0.4 is 10.6 Å². The highest BCUT2D eigenvalue weighted by atomic mass is 32.2. The van der Waals surface area contributed by atoms with Gasteiger partial charge >= 0.3 is 6.18 Å². The minimum atomic E-state index is -4.90. The summed E-state index contributed by atoms with van der Waals surface area (Å²) < 4.78 is 85.6. The Morgan fingerprint density at radius 2 is 1.82 bits per heavy atom. The summed E-state index contributed by atoms with van der Waals surface area (Å²) in [4.78, 5) is 12.8. The first-order chi connectivity index (χ1) is 15.4. The summed E-state index contributed by atoms with van der Waals surface area (Å²) in [5, 5.41) is 13.7. The van der Waals surface area contributed by atoms with Crippen LogP contribution >= 0.6 is 0 Å². The lowest BCUT2D eigenvalue weighted by Crippen LogP contribution is -2.54. The molecule has 1 aromatic rings. The van der Waals surface area contributed by atoms with E-state index >= 15 is 0 Å². The quantitative estimate of drug-likeness (QED) is 0.514. The number of carbonyl (C=O) groups excluding carboxylic acids is 1. The van der Waals surface area contributed by atoms with E-state index < -0.39 is 51.1 Å². The molecule has 33 heavy (non-hydrogen) atoms. The van der Waals surface area contributed by atoms with Gasteiger partial charge in [0.25, 0.3) is 0 Å². The van der Waals surface area contributed by atoms with E-state index in [1.165, 1.54) is 0 Å². The van der Waals surface area contributed by atoms with E-state index in [9.17, 15) is 36.0 Å². The monoisotopic (exact) mass is 491 g/mol. The van der Waals surface area contributed by atoms with Gasteiger partial charge in [0.2, 0.25) is 5.91 Å². The number of nitrogens with one attached hydrogen (secondary N) is 2. The molecule has 2 fully saturated rings. The minimum Gasteiger partial charge on any atom is -0.381 e. The van der Waals surface area contributed by atoms with Gasteiger partial charge in [-0.05, 0) is 49.3 Å². The predicted octanol–water partition coefficient (Wildman–Crippen LogP) is 2.40. The van der Waals surface area contributed by atoms with E-state index in [4.69, 9.17) is 4.74 Å². The molecule has 0 bridgehead atoms. The first-order valence-corrected chi connectivity index (χ1v) is 12.3. The van der Waals surface area contributed by atoms with Crippen LogP contribution in [0.4, 0.5) is 17.6 Å². The standard InChI is InChI=1S/C21H25F4N3O4S/c22-16-3-1-15(2-4-16)18(21(23,24)25)27-17(19(29)28-20(13-26)7-8-20)12-33(30,31)11-14-5-9-32-10-6-14/h1-4,14,17-18,27H,5-12H2,(H,28,29)/t17-,18-/m0/s1. The van der Waals surface area contributed by atoms with Crippen LogP contribution in [0.1, 0.15) is 37.3 Å². The maximum absolute atomic E-state index is 13.8. The highest BCUT2D eigenvalue weighted by Crippen LogP contribution is 2.36. The van der Waals surface area contributed by atoms with Crippen LogP contribution in [-0.2, 0) is 19.4 Å². The molecular weight excluding hydrogens is 466 g/mol. The third-order valence-corrected chi connectivity index (χ3v) is 7.61. The summed E-state index contributed by atoms with van der Waals surface area (Å²) in [6.07, 6.45) is -3.23. The molecule has 2 N–H and O–H groups in total. The van der Waals surface area contributed by atoms with Crippen molar-refractivity contribution < 1.29 is 35.5 Å². The SMILES string of the molecule is N#CC1(NC(=O)[C@H](CS(=O)(=O)CC2CCOCC2)N[C@@H](c2ccc(F)cc2)C(F)(F)F)CC1. The van der Waals surface area contributed by atoms with Crippen molar-refractivity contribution in [3.05, 3.63) is 35.6 Å². The van der Waals surface area contributed by atoms with Crippen molar-refractivity contribution in [2.45, 2.75) is 49.5 Å². The van der Waals surface area contributed by atoms with Gasteiger partial charge in [-0.15, -0.1) is 0 Å². The molecule has 1 aliphatic carbocycles. The molecule has 0 aromatic heterocycles. The van der Waals surface area contributed by atoms with E-state index in [1.54, 1.807) is 0 Å². The molecular formula is C21H25F4N3O4S. The van der Waals surface area contributed by atoms with Gasteiger partial charge in [-0.1, -0.05) is 12.1 Å². The Morgan fingerprint density at radius 1 is 1.21 bits per heavy atom. The average Bonchev–Trinajstić information content (AvgIpc) is 3.51. The number of hydrogen-bond donors (Lipinski definition) is 2. The molecule has 1 amide bonds. The van der Waals surface area contributed by atoms with E-state index in [0.717, 1.165) is 24.3 Å². The number of ether oxygens (including phenoxy) is 1. The van der Waals surface area contributed by atoms with E-state index in [2.05, 4.69) is 10.6 Å². The molecule has 3 rings (SSSR count). The first kappa shape index (κ1) is 25.4. The second kappa shape index (κ2) is 9.95. The molecule has 1 aromatic carbocycles. The van der Waals surface area contributed by atoms with Gasteiger partial charge in [0.1, 0.15) is 23.4 Å². The van der Waals surface area contributed by atoms with Crippen LogP contribution in [0, 0.1) is 23.1 Å². The summed E-state index contributed by atoms with van der Waals surface area (Å²) in [5.74, 6) is -3.10. The molecule has 1 saturated heterocycles. The number of nitriles is 1. The third kappa shape index (κ3) is 7.12. The molecule has 0 unspecified atom stereocenters. The fraction of sp³-hybridized carbons (Fsp3) is 0.619. The van der Waals surface area contributed by atoms with Crippen molar-refractivity contribution in [1.82, 2.24) is 10.6 Å². The fourth-order valence-electron chi connectivity index (χ4n) is 3.74. The summed E-state index contributed by atoms with van der Waals surface area (Å²) in [6.45, 7) is 0.793. The Balaban J connectivity index is 1.84. The van der Waals surface area contributed by atoms with Crippen molar-refractivity contribution in [1.29, 1.82) is 5.26 Å². The Kier molecular flexibility index (Phi) is 7.65. The smallest absolute Gasteiger partial charge is 0.381 e. The van der Waals surface area contributed by atoms with E-state index in [1.807, 2.05) is 6.07 Å². The number of rotatable bonds is 9. The second-order valence-electron chi connectivity index (χ2n) is 8.56. The Labute approximate surface area is 189 Å². The molecule has 1 aliphatic heterocycles. The van der Waals surface area contributed by atoms with Crippen molar-refractivity contribution in [2.75, 3.05) is 24.7 Å². The lowest BCUT2D eigenvalue weighted by Gasteiger charge is -2.28. The minimum absolute atomic E-state index is 0.211. The van der Waals surface area contributed by atoms with Crippen LogP contribution in [0.25, 0.3) is 0 Å². The molecule has 2 atom stereocenters. The maximum Gasteiger partial charge on any atom is 0.407 e. The van der Waals surface area contributed by atoms with Crippen molar-refractivity contribution in [3.8, 4) is 6.07 Å². The molecule has 2 aliphatic rings. The number of alkyl halides is 3. The van der Waals surface area contributed by atoms with Crippen LogP contribution in [0.2, 0.25) is 0 Å². The molecule has 182 valence electrons. The largest absolute Gasteiger partial charge is 0.407 e. The molecule has 12 heteroatoms. The van der Waals surface area contributed by atoms with Gasteiger partial charge in [-0.25, -0.2) is 12.8 Å². The van der Waals surface area contributed by atoms with E-state index in [0.29, 0.717) is 38.9 Å². The van der Waals surface area contributed by atoms with Gasteiger partial charge in [0.15, 0.2) is 9.84 Å². The predicted molar refractivity (Wildman–Crippen MR) is 110 cm³/mol. The van der Waals surface area contributed by atoms with Crippen molar-refractivity contribution in [2.24, 2.45) is 5.92 Å². The van der Waals surface area contributed by atoms with Crippen molar-refractivity contribution >= 4 is 15.7 Å². The number of sulfone groups is 1. The fourth-order valence-corrected chi connectivity index (χ4v) is 5.69. The molecule has 7 nitrogen and oxygen atoms in total. The summed E-state index contributed by atoms with van der Waals surface area (Å²) in [6, 6.07) is 1.26. The van der Waals surface area contributed by atoms with Gasteiger partial charge in [-0.2, -0.15) is 18.4 Å². The van der Waals surface area contributed by atoms with Crippen LogP contribution in [0.15, 0.2) is 24.3 Å². The van der Waals surface area contributed by atoms with E-state index in [-0.39, 0.29) is 17.2 Å². The lowest BCUT2D eigenvalue weighted by molar-refractivity contribution is -0.160. The van der Waals surface area contributed by atoms with Gasteiger partial charge in [-0.3, -0.25) is 10.1 Å².